The van der Waals surface area contributed by atoms with E-state index in [2.05, 4.69) is 15.4 Å². The Balaban J connectivity index is 1.80. The van der Waals surface area contributed by atoms with E-state index >= 15 is 0 Å². The van der Waals surface area contributed by atoms with Crippen molar-refractivity contribution in [3.8, 4) is 10.6 Å². The van der Waals surface area contributed by atoms with Gasteiger partial charge in [-0.3, -0.25) is 9.48 Å². The van der Waals surface area contributed by atoms with Crippen molar-refractivity contribution in [1.82, 2.24) is 20.1 Å². The van der Waals surface area contributed by atoms with E-state index in [4.69, 9.17) is 0 Å². The smallest absolute Gasteiger partial charge is 0.263 e. The third-order valence-corrected chi connectivity index (χ3v) is 5.75. The zero-order valence-electron chi connectivity index (χ0n) is 13.5. The van der Waals surface area contributed by atoms with Gasteiger partial charge in [0.1, 0.15) is 9.88 Å². The fraction of sp³-hybridized carbons (Fsp3) is 0.312. The average Bonchev–Trinajstić information content (AvgIpc) is 3.21. The number of hydrogen-bond acceptors (Lipinski definition) is 5. The van der Waals surface area contributed by atoms with Crippen molar-refractivity contribution < 1.29 is 4.79 Å². The summed E-state index contributed by atoms with van der Waals surface area (Å²) in [5.41, 5.74) is 3.92. The van der Waals surface area contributed by atoms with Gasteiger partial charge in [0, 0.05) is 29.2 Å². The van der Waals surface area contributed by atoms with Gasteiger partial charge in [0.2, 0.25) is 0 Å². The monoisotopic (exact) mass is 346 g/mol. The second kappa shape index (κ2) is 6.25. The Morgan fingerprint density at radius 3 is 2.78 bits per heavy atom. The van der Waals surface area contributed by atoms with Crippen molar-refractivity contribution in [2.45, 2.75) is 26.8 Å². The standard InChI is InChI=1S/C16H18N4OS2/c1-9(13-7-17-20(4)11(13)3)18-15(21)14-10(2)19-16(23-14)12-5-6-22-8-12/h5-9H,1-4H3,(H,18,21)/t9-/m1/s1. The highest BCUT2D eigenvalue weighted by Gasteiger charge is 2.20. The van der Waals surface area contributed by atoms with E-state index in [9.17, 15) is 4.79 Å². The van der Waals surface area contributed by atoms with Gasteiger partial charge < -0.3 is 5.32 Å². The van der Waals surface area contributed by atoms with E-state index in [1.807, 2.05) is 49.3 Å². The lowest BCUT2D eigenvalue weighted by Crippen LogP contribution is -2.26. The van der Waals surface area contributed by atoms with Crippen LogP contribution in [0.5, 0.6) is 0 Å². The molecule has 0 unspecified atom stereocenters. The first-order valence-corrected chi connectivity index (χ1v) is 9.02. The van der Waals surface area contributed by atoms with E-state index in [0.29, 0.717) is 4.88 Å². The number of hydrogen-bond donors (Lipinski definition) is 1. The van der Waals surface area contributed by atoms with Gasteiger partial charge in [-0.15, -0.1) is 11.3 Å². The Morgan fingerprint density at radius 2 is 2.17 bits per heavy atom. The number of aryl methyl sites for hydroxylation is 2. The van der Waals surface area contributed by atoms with E-state index in [0.717, 1.165) is 27.5 Å². The van der Waals surface area contributed by atoms with E-state index < -0.39 is 0 Å². The van der Waals surface area contributed by atoms with Gasteiger partial charge in [-0.05, 0) is 32.2 Å². The first-order chi connectivity index (χ1) is 11.0. The summed E-state index contributed by atoms with van der Waals surface area (Å²) in [5, 5.41) is 12.2. The normalized spacial score (nSPS) is 12.3. The molecule has 3 aromatic heterocycles. The van der Waals surface area contributed by atoms with Crippen LogP contribution in [0.15, 0.2) is 23.0 Å². The van der Waals surface area contributed by atoms with Crippen LogP contribution in [0.2, 0.25) is 0 Å². The maximum absolute atomic E-state index is 12.6. The first kappa shape index (κ1) is 15.9. The Bertz CT molecular complexity index is 833. The van der Waals surface area contributed by atoms with Gasteiger partial charge in [-0.2, -0.15) is 16.4 Å². The molecule has 0 aliphatic rings. The van der Waals surface area contributed by atoms with Gasteiger partial charge in [-0.1, -0.05) is 0 Å². The van der Waals surface area contributed by atoms with E-state index in [1.54, 1.807) is 17.5 Å². The molecule has 0 aromatic carbocycles. The van der Waals surface area contributed by atoms with Crippen molar-refractivity contribution in [2.24, 2.45) is 7.05 Å². The molecular weight excluding hydrogens is 328 g/mol. The number of thiazole rings is 1. The highest BCUT2D eigenvalue weighted by Crippen LogP contribution is 2.29. The molecule has 0 bridgehead atoms. The molecule has 5 nitrogen and oxygen atoms in total. The number of rotatable bonds is 4. The molecule has 120 valence electrons. The molecule has 1 N–H and O–H groups in total. The van der Waals surface area contributed by atoms with Crippen molar-refractivity contribution in [2.75, 3.05) is 0 Å². The molecule has 7 heteroatoms. The number of carbonyl (C=O) groups excluding carboxylic acids is 1. The number of carbonyl (C=O) groups is 1. The number of aromatic nitrogens is 3. The fourth-order valence-electron chi connectivity index (χ4n) is 2.40. The van der Waals surface area contributed by atoms with Crippen LogP contribution in [0, 0.1) is 13.8 Å². The molecule has 3 heterocycles. The predicted octanol–water partition coefficient (Wildman–Crippen LogP) is 3.71. The number of nitrogens with one attached hydrogen (secondary N) is 1. The summed E-state index contributed by atoms with van der Waals surface area (Å²) in [6.45, 7) is 5.84. The molecule has 0 spiro atoms. The maximum atomic E-state index is 12.6. The van der Waals surface area contributed by atoms with Crippen molar-refractivity contribution in [3.05, 3.63) is 44.9 Å². The molecule has 3 rings (SSSR count). The topological polar surface area (TPSA) is 59.8 Å². The van der Waals surface area contributed by atoms with Crippen LogP contribution < -0.4 is 5.32 Å². The summed E-state index contributed by atoms with van der Waals surface area (Å²) >= 11 is 3.06. The van der Waals surface area contributed by atoms with Crippen molar-refractivity contribution in [1.29, 1.82) is 0 Å². The Morgan fingerprint density at radius 1 is 1.39 bits per heavy atom. The van der Waals surface area contributed by atoms with Gasteiger partial charge in [0.15, 0.2) is 0 Å². The highest BCUT2D eigenvalue weighted by molar-refractivity contribution is 7.17. The molecule has 0 aliphatic heterocycles. The minimum Gasteiger partial charge on any atom is -0.345 e. The zero-order chi connectivity index (χ0) is 16.6. The molecular formula is C16H18N4OS2. The molecule has 3 aromatic rings. The molecule has 0 fully saturated rings. The summed E-state index contributed by atoms with van der Waals surface area (Å²) in [6.07, 6.45) is 1.80. The summed E-state index contributed by atoms with van der Waals surface area (Å²) in [5.74, 6) is -0.0859. The van der Waals surface area contributed by atoms with Gasteiger partial charge in [-0.25, -0.2) is 4.98 Å². The predicted molar refractivity (Wildman–Crippen MR) is 94.0 cm³/mol. The lowest BCUT2D eigenvalue weighted by atomic mass is 10.1. The third kappa shape index (κ3) is 3.07. The van der Waals surface area contributed by atoms with Gasteiger partial charge in [0.25, 0.3) is 5.91 Å². The lowest BCUT2D eigenvalue weighted by Gasteiger charge is -2.13. The molecule has 0 saturated carbocycles. The van der Waals surface area contributed by atoms with E-state index in [1.165, 1.54) is 11.3 Å². The van der Waals surface area contributed by atoms with Gasteiger partial charge >= 0.3 is 0 Å². The Hall–Kier alpha value is -1.99. The van der Waals surface area contributed by atoms with Crippen LogP contribution in [0.4, 0.5) is 0 Å². The minimum absolute atomic E-state index is 0.0859. The maximum Gasteiger partial charge on any atom is 0.263 e. The summed E-state index contributed by atoms with van der Waals surface area (Å²) < 4.78 is 1.81. The Kier molecular flexibility index (Phi) is 4.32. The van der Waals surface area contributed by atoms with Crippen molar-refractivity contribution in [3.63, 3.8) is 0 Å². The zero-order valence-corrected chi connectivity index (χ0v) is 15.1. The van der Waals surface area contributed by atoms with Crippen LogP contribution in [-0.2, 0) is 7.05 Å². The summed E-state index contributed by atoms with van der Waals surface area (Å²) in [6, 6.07) is 1.92. The number of thiophene rings is 1. The molecule has 0 aliphatic carbocycles. The quantitative estimate of drug-likeness (QED) is 0.783. The van der Waals surface area contributed by atoms with Crippen LogP contribution in [0.3, 0.4) is 0 Å². The number of nitrogens with zero attached hydrogens (tertiary/aromatic N) is 3. The first-order valence-electron chi connectivity index (χ1n) is 7.26. The van der Waals surface area contributed by atoms with E-state index in [-0.39, 0.29) is 11.9 Å². The van der Waals surface area contributed by atoms with Crippen LogP contribution >= 0.6 is 22.7 Å². The molecule has 1 amide bonds. The van der Waals surface area contributed by atoms with Crippen LogP contribution in [0.1, 0.15) is 39.6 Å². The second-order valence-electron chi connectivity index (χ2n) is 5.45. The van der Waals surface area contributed by atoms with Crippen LogP contribution in [0.25, 0.3) is 10.6 Å². The second-order valence-corrected chi connectivity index (χ2v) is 7.23. The minimum atomic E-state index is -0.0951. The fourth-order valence-corrected chi connectivity index (χ4v) is 4.08. The molecule has 23 heavy (non-hydrogen) atoms. The molecule has 0 radical (unpaired) electrons. The highest BCUT2D eigenvalue weighted by atomic mass is 32.1. The molecule has 1 atom stereocenters. The third-order valence-electron chi connectivity index (χ3n) is 3.86. The summed E-state index contributed by atoms with van der Waals surface area (Å²) in [7, 11) is 1.90. The van der Waals surface area contributed by atoms with Crippen LogP contribution in [-0.4, -0.2) is 20.7 Å². The van der Waals surface area contributed by atoms with Crippen molar-refractivity contribution >= 4 is 28.6 Å². The number of amides is 1. The Labute approximate surface area is 143 Å². The lowest BCUT2D eigenvalue weighted by molar-refractivity contribution is 0.0943. The SMILES string of the molecule is Cc1nc(-c2ccsc2)sc1C(=O)N[C@H](C)c1cnn(C)c1C. The largest absolute Gasteiger partial charge is 0.345 e. The average molecular weight is 346 g/mol. The molecule has 0 saturated heterocycles. The van der Waals surface area contributed by atoms with Gasteiger partial charge in [0.05, 0.1) is 17.9 Å². The summed E-state index contributed by atoms with van der Waals surface area (Å²) in [4.78, 5) is 17.8.